The third-order valence-electron chi connectivity index (χ3n) is 5.26. The summed E-state index contributed by atoms with van der Waals surface area (Å²) in [6.45, 7) is 8.13. The number of hydrogen-bond donors (Lipinski definition) is 2. The number of ether oxygens (including phenoxy) is 3. The lowest BCUT2D eigenvalue weighted by Crippen LogP contribution is -2.19. The highest BCUT2D eigenvalue weighted by Gasteiger charge is 2.16. The van der Waals surface area contributed by atoms with Crippen LogP contribution in [0.4, 0.5) is 5.69 Å². The number of carbonyl (C=O) groups is 3. The van der Waals surface area contributed by atoms with E-state index in [0.717, 1.165) is 0 Å². The number of nitrogens with zero attached hydrogens (tertiary/aromatic N) is 1. The number of halogens is 1. The molecule has 0 saturated carbocycles. The second-order valence-corrected chi connectivity index (χ2v) is 8.96. The van der Waals surface area contributed by atoms with Crippen molar-refractivity contribution < 1.29 is 28.6 Å². The monoisotopic (exact) mass is 551 g/mol. The van der Waals surface area contributed by atoms with Gasteiger partial charge < -0.3 is 19.5 Å². The first kappa shape index (κ1) is 29.2. The van der Waals surface area contributed by atoms with Crippen LogP contribution in [0, 0.1) is 5.92 Å². The molecule has 0 bridgehead atoms. The molecule has 39 heavy (non-hydrogen) atoms. The molecule has 0 spiro atoms. The first-order chi connectivity index (χ1) is 18.7. The summed E-state index contributed by atoms with van der Waals surface area (Å²) in [5.41, 5.74) is 3.99. The number of nitrogens with one attached hydrogen (secondary N) is 2. The van der Waals surface area contributed by atoms with Crippen LogP contribution in [0.1, 0.15) is 54.0 Å². The highest BCUT2D eigenvalue weighted by atomic mass is 35.5. The van der Waals surface area contributed by atoms with E-state index < -0.39 is 11.9 Å². The number of hydrogen-bond acceptors (Lipinski definition) is 7. The van der Waals surface area contributed by atoms with Gasteiger partial charge in [-0.2, -0.15) is 5.10 Å². The van der Waals surface area contributed by atoms with Crippen molar-refractivity contribution in [1.82, 2.24) is 5.43 Å². The Morgan fingerprint density at radius 1 is 0.872 bits per heavy atom. The highest BCUT2D eigenvalue weighted by molar-refractivity contribution is 6.31. The van der Waals surface area contributed by atoms with Crippen LogP contribution in [0.5, 0.6) is 17.2 Å². The van der Waals surface area contributed by atoms with Gasteiger partial charge in [-0.25, -0.2) is 10.2 Å². The van der Waals surface area contributed by atoms with E-state index in [0.29, 0.717) is 46.5 Å². The number of anilines is 1. The van der Waals surface area contributed by atoms with Crippen LogP contribution >= 0.6 is 11.6 Å². The number of hydrazone groups is 1. The Labute approximate surface area is 232 Å². The quantitative estimate of drug-likeness (QED) is 0.136. The van der Waals surface area contributed by atoms with Crippen molar-refractivity contribution in [1.29, 1.82) is 0 Å². The fourth-order valence-electron chi connectivity index (χ4n) is 3.27. The van der Waals surface area contributed by atoms with Gasteiger partial charge >= 0.3 is 5.97 Å². The number of amides is 2. The molecule has 0 aliphatic rings. The van der Waals surface area contributed by atoms with Crippen LogP contribution in [0.15, 0.2) is 65.8 Å². The van der Waals surface area contributed by atoms with Crippen LogP contribution in [-0.4, -0.2) is 37.2 Å². The van der Waals surface area contributed by atoms with Gasteiger partial charge in [0.25, 0.3) is 5.91 Å². The molecule has 3 aromatic carbocycles. The molecule has 3 aromatic rings. The van der Waals surface area contributed by atoms with Gasteiger partial charge in [-0.1, -0.05) is 25.4 Å². The van der Waals surface area contributed by atoms with E-state index in [1.807, 2.05) is 13.8 Å². The van der Waals surface area contributed by atoms with Gasteiger partial charge in [0.15, 0.2) is 11.5 Å². The maximum Gasteiger partial charge on any atom is 0.343 e. The van der Waals surface area contributed by atoms with E-state index >= 15 is 0 Å². The van der Waals surface area contributed by atoms with E-state index in [4.69, 9.17) is 25.8 Å². The molecule has 0 atom stereocenters. The van der Waals surface area contributed by atoms with Crippen molar-refractivity contribution in [2.75, 3.05) is 18.5 Å². The second-order valence-electron chi connectivity index (χ2n) is 8.52. The summed E-state index contributed by atoms with van der Waals surface area (Å²) in [6, 6.07) is 15.8. The molecular formula is C29H30ClN3O6. The van der Waals surface area contributed by atoms with Crippen molar-refractivity contribution in [2.24, 2.45) is 11.0 Å². The summed E-state index contributed by atoms with van der Waals surface area (Å²) in [4.78, 5) is 37.2. The summed E-state index contributed by atoms with van der Waals surface area (Å²) in [6.07, 6.45) is 1.33. The molecule has 2 N–H and O–H groups in total. The fraction of sp³-hybridized carbons (Fsp3) is 0.241. The molecule has 9 nitrogen and oxygen atoms in total. The lowest BCUT2D eigenvalue weighted by Gasteiger charge is -2.13. The average Bonchev–Trinajstić information content (AvgIpc) is 2.91. The molecule has 0 aliphatic heterocycles. The topological polar surface area (TPSA) is 115 Å². The second kappa shape index (κ2) is 14.0. The van der Waals surface area contributed by atoms with Gasteiger partial charge in [0.2, 0.25) is 5.91 Å². The minimum atomic E-state index is -0.621. The van der Waals surface area contributed by atoms with Crippen molar-refractivity contribution in [3.63, 3.8) is 0 Å². The van der Waals surface area contributed by atoms with Crippen molar-refractivity contribution >= 4 is 41.3 Å². The molecule has 0 aromatic heterocycles. The first-order valence-corrected chi connectivity index (χ1v) is 12.7. The molecule has 0 fully saturated rings. The van der Waals surface area contributed by atoms with Crippen LogP contribution in [-0.2, 0) is 4.79 Å². The van der Waals surface area contributed by atoms with E-state index in [1.165, 1.54) is 12.3 Å². The molecule has 204 valence electrons. The number of carbonyl (C=O) groups excluding carboxylic acids is 3. The van der Waals surface area contributed by atoms with Crippen LogP contribution in [0.25, 0.3) is 0 Å². The molecule has 0 radical (unpaired) electrons. The SMILES string of the molecule is CCOc1ccc(C(=O)Oc2ccc(Cl)cc2/C=N/NC(=O)c2ccc(NC(=O)C(C)C)cc2)cc1OCC. The minimum absolute atomic E-state index is 0.118. The minimum Gasteiger partial charge on any atom is -0.490 e. The predicted octanol–water partition coefficient (Wildman–Crippen LogP) is 5.72. The largest absolute Gasteiger partial charge is 0.490 e. The molecule has 3 rings (SSSR count). The van der Waals surface area contributed by atoms with Gasteiger partial charge in [-0.15, -0.1) is 0 Å². The maximum atomic E-state index is 12.9. The summed E-state index contributed by atoms with van der Waals surface area (Å²) in [5.74, 6) is -0.209. The number of esters is 1. The molecule has 0 heterocycles. The lowest BCUT2D eigenvalue weighted by atomic mass is 10.1. The first-order valence-electron chi connectivity index (χ1n) is 12.4. The van der Waals surface area contributed by atoms with Crippen molar-refractivity contribution in [2.45, 2.75) is 27.7 Å². The van der Waals surface area contributed by atoms with E-state index in [2.05, 4.69) is 15.8 Å². The Kier molecular flexibility index (Phi) is 10.5. The van der Waals surface area contributed by atoms with Crippen molar-refractivity contribution in [3.05, 3.63) is 82.4 Å². The Bertz CT molecular complexity index is 1360. The molecule has 10 heteroatoms. The Balaban J connectivity index is 1.70. The van der Waals surface area contributed by atoms with Crippen LogP contribution < -0.4 is 25.0 Å². The zero-order valence-electron chi connectivity index (χ0n) is 22.1. The van der Waals surface area contributed by atoms with E-state index in [-0.39, 0.29) is 23.1 Å². The summed E-state index contributed by atoms with van der Waals surface area (Å²) in [7, 11) is 0. The van der Waals surface area contributed by atoms with E-state index in [1.54, 1.807) is 68.4 Å². The number of benzene rings is 3. The zero-order valence-corrected chi connectivity index (χ0v) is 22.9. The smallest absolute Gasteiger partial charge is 0.343 e. The zero-order chi connectivity index (χ0) is 28.4. The summed E-state index contributed by atoms with van der Waals surface area (Å²) < 4.78 is 16.7. The predicted molar refractivity (Wildman–Crippen MR) is 150 cm³/mol. The van der Waals surface area contributed by atoms with Gasteiger partial charge in [-0.3, -0.25) is 9.59 Å². The summed E-state index contributed by atoms with van der Waals surface area (Å²) in [5, 5.41) is 7.13. The molecule has 0 saturated heterocycles. The Morgan fingerprint density at radius 2 is 1.51 bits per heavy atom. The summed E-state index contributed by atoms with van der Waals surface area (Å²) >= 11 is 6.13. The van der Waals surface area contributed by atoms with E-state index in [9.17, 15) is 14.4 Å². The Hall–Kier alpha value is -4.37. The molecule has 0 aliphatic carbocycles. The van der Waals surface area contributed by atoms with Gasteiger partial charge in [-0.05, 0) is 74.5 Å². The lowest BCUT2D eigenvalue weighted by molar-refractivity contribution is -0.118. The third kappa shape index (κ3) is 8.31. The Morgan fingerprint density at radius 3 is 2.18 bits per heavy atom. The highest BCUT2D eigenvalue weighted by Crippen LogP contribution is 2.30. The van der Waals surface area contributed by atoms with Gasteiger partial charge in [0.1, 0.15) is 5.75 Å². The van der Waals surface area contributed by atoms with Crippen LogP contribution in [0.2, 0.25) is 5.02 Å². The fourth-order valence-corrected chi connectivity index (χ4v) is 3.45. The van der Waals surface area contributed by atoms with Crippen LogP contribution in [0.3, 0.4) is 0 Å². The molecule has 2 amide bonds. The number of rotatable bonds is 11. The molecule has 0 unspecified atom stereocenters. The molecular weight excluding hydrogens is 522 g/mol. The van der Waals surface area contributed by atoms with Gasteiger partial charge in [0, 0.05) is 27.8 Å². The third-order valence-corrected chi connectivity index (χ3v) is 5.50. The van der Waals surface area contributed by atoms with Crippen molar-refractivity contribution in [3.8, 4) is 17.2 Å². The average molecular weight is 552 g/mol. The van der Waals surface area contributed by atoms with Gasteiger partial charge in [0.05, 0.1) is 25.0 Å². The maximum absolute atomic E-state index is 12.9. The normalized spacial score (nSPS) is 10.8. The standard InChI is InChI=1S/C29H30ClN3O6/c1-5-37-25-13-9-20(16-26(25)38-6-2)29(36)39-24-14-10-22(30)15-21(24)17-31-33-28(35)19-7-11-23(12-8-19)32-27(34)18(3)4/h7-18H,5-6H2,1-4H3,(H,32,34)(H,33,35)/b31-17+.